The van der Waals surface area contributed by atoms with Gasteiger partial charge in [-0.15, -0.1) is 10.2 Å². The number of aromatic nitrogens is 2. The summed E-state index contributed by atoms with van der Waals surface area (Å²) in [4.78, 5) is 26.5. The molecule has 1 unspecified atom stereocenters. The first-order valence-corrected chi connectivity index (χ1v) is 11.1. The summed E-state index contributed by atoms with van der Waals surface area (Å²) in [5, 5.41) is 15.0. The lowest BCUT2D eigenvalue weighted by molar-refractivity contribution is -0.125. The van der Waals surface area contributed by atoms with Gasteiger partial charge in [0, 0.05) is 24.8 Å². The zero-order valence-electron chi connectivity index (χ0n) is 16.5. The summed E-state index contributed by atoms with van der Waals surface area (Å²) >= 11 is 1.28. The van der Waals surface area contributed by atoms with Gasteiger partial charge in [-0.1, -0.05) is 11.8 Å². The zero-order valence-corrected chi connectivity index (χ0v) is 17.3. The summed E-state index contributed by atoms with van der Waals surface area (Å²) in [6, 6.07) is 9.73. The number of hydrogen-bond acceptors (Lipinski definition) is 6. The van der Waals surface area contributed by atoms with Crippen LogP contribution in [-0.2, 0) is 9.59 Å². The van der Waals surface area contributed by atoms with E-state index in [0.29, 0.717) is 23.3 Å². The SMILES string of the molecule is O=C(CSc1ccc(N2CCCC(C(=O)NC3CC3)C2)nn1)Nc1ccc(F)cc1. The quantitative estimate of drug-likeness (QED) is 0.658. The van der Waals surface area contributed by atoms with E-state index >= 15 is 0 Å². The van der Waals surface area contributed by atoms with Crippen molar-refractivity contribution in [2.24, 2.45) is 5.92 Å². The molecule has 30 heavy (non-hydrogen) atoms. The van der Waals surface area contributed by atoms with Crippen LogP contribution in [0.5, 0.6) is 0 Å². The molecule has 1 aliphatic heterocycles. The number of nitrogens with one attached hydrogen (secondary N) is 2. The van der Waals surface area contributed by atoms with Gasteiger partial charge in [0.1, 0.15) is 10.8 Å². The largest absolute Gasteiger partial charge is 0.354 e. The zero-order chi connectivity index (χ0) is 20.9. The van der Waals surface area contributed by atoms with E-state index in [1.54, 1.807) is 0 Å². The van der Waals surface area contributed by atoms with Crippen LogP contribution >= 0.6 is 11.8 Å². The monoisotopic (exact) mass is 429 g/mol. The van der Waals surface area contributed by atoms with E-state index in [2.05, 4.69) is 25.7 Å². The summed E-state index contributed by atoms with van der Waals surface area (Å²) in [5.74, 6) is 0.525. The first-order valence-electron chi connectivity index (χ1n) is 10.1. The third kappa shape index (κ3) is 5.69. The number of hydrogen-bond donors (Lipinski definition) is 2. The van der Waals surface area contributed by atoms with E-state index in [9.17, 15) is 14.0 Å². The van der Waals surface area contributed by atoms with Gasteiger partial charge >= 0.3 is 0 Å². The van der Waals surface area contributed by atoms with E-state index in [-0.39, 0.29) is 29.3 Å². The first kappa shape index (κ1) is 20.6. The highest BCUT2D eigenvalue weighted by atomic mass is 32.2. The van der Waals surface area contributed by atoms with Crippen molar-refractivity contribution < 1.29 is 14.0 Å². The fourth-order valence-corrected chi connectivity index (χ4v) is 3.99. The summed E-state index contributed by atoms with van der Waals surface area (Å²) < 4.78 is 12.9. The molecule has 2 amide bonds. The molecule has 1 saturated heterocycles. The smallest absolute Gasteiger partial charge is 0.234 e. The van der Waals surface area contributed by atoms with E-state index in [4.69, 9.17) is 0 Å². The minimum atomic E-state index is -0.346. The minimum absolute atomic E-state index is 0.00893. The van der Waals surface area contributed by atoms with Gasteiger partial charge in [0.25, 0.3) is 0 Å². The lowest BCUT2D eigenvalue weighted by Gasteiger charge is -2.32. The van der Waals surface area contributed by atoms with Crippen molar-refractivity contribution in [2.75, 3.05) is 29.1 Å². The Morgan fingerprint density at radius 2 is 1.90 bits per heavy atom. The van der Waals surface area contributed by atoms with Crippen LogP contribution in [0.25, 0.3) is 0 Å². The molecular weight excluding hydrogens is 405 g/mol. The number of carbonyl (C=O) groups excluding carboxylic acids is 2. The summed E-state index contributed by atoms with van der Waals surface area (Å²) in [7, 11) is 0. The highest BCUT2D eigenvalue weighted by Crippen LogP contribution is 2.25. The molecule has 2 aromatic rings. The molecule has 2 N–H and O–H groups in total. The third-order valence-corrected chi connectivity index (χ3v) is 6.07. The Morgan fingerprint density at radius 3 is 2.60 bits per heavy atom. The number of amides is 2. The predicted octanol–water partition coefficient (Wildman–Crippen LogP) is 2.84. The standard InChI is InChI=1S/C21H24FN5O2S/c22-15-3-5-16(6-4-15)23-19(28)13-30-20-10-9-18(25-26-20)27-11-1-2-14(12-27)21(29)24-17-7-8-17/h3-6,9-10,14,17H,1-2,7-8,11-13H2,(H,23,28)(H,24,29). The first-order chi connectivity index (χ1) is 14.6. The Hall–Kier alpha value is -2.68. The van der Waals surface area contributed by atoms with Crippen molar-refractivity contribution in [3.8, 4) is 0 Å². The van der Waals surface area contributed by atoms with Crippen LogP contribution in [0, 0.1) is 11.7 Å². The normalized spacial score (nSPS) is 18.7. The van der Waals surface area contributed by atoms with Crippen LogP contribution in [0.1, 0.15) is 25.7 Å². The van der Waals surface area contributed by atoms with E-state index in [0.717, 1.165) is 38.0 Å². The van der Waals surface area contributed by atoms with E-state index in [1.807, 2.05) is 12.1 Å². The molecule has 1 aromatic carbocycles. The maximum Gasteiger partial charge on any atom is 0.234 e. The van der Waals surface area contributed by atoms with Gasteiger partial charge in [-0.05, 0) is 62.1 Å². The molecule has 9 heteroatoms. The average molecular weight is 430 g/mol. The van der Waals surface area contributed by atoms with Crippen molar-refractivity contribution >= 4 is 35.1 Å². The van der Waals surface area contributed by atoms with E-state index < -0.39 is 0 Å². The minimum Gasteiger partial charge on any atom is -0.354 e. The van der Waals surface area contributed by atoms with Crippen LogP contribution in [0.4, 0.5) is 15.9 Å². The van der Waals surface area contributed by atoms with Gasteiger partial charge in [0.05, 0.1) is 11.7 Å². The Balaban J connectivity index is 1.26. The molecule has 158 valence electrons. The molecule has 0 radical (unpaired) electrons. The Kier molecular flexibility index (Phi) is 6.47. The van der Waals surface area contributed by atoms with Gasteiger partial charge < -0.3 is 15.5 Å². The molecule has 0 bridgehead atoms. The molecular formula is C21H24FN5O2S. The van der Waals surface area contributed by atoms with Crippen LogP contribution < -0.4 is 15.5 Å². The Morgan fingerprint density at radius 1 is 1.10 bits per heavy atom. The summed E-state index contributed by atoms with van der Waals surface area (Å²) in [6.45, 7) is 1.51. The summed E-state index contributed by atoms with van der Waals surface area (Å²) in [6.07, 6.45) is 4.04. The van der Waals surface area contributed by atoms with Crippen LogP contribution in [-0.4, -0.2) is 46.9 Å². The van der Waals surface area contributed by atoms with Crippen LogP contribution in [0.3, 0.4) is 0 Å². The third-order valence-electron chi connectivity index (χ3n) is 5.15. The van der Waals surface area contributed by atoms with E-state index in [1.165, 1.54) is 36.0 Å². The van der Waals surface area contributed by atoms with Crippen molar-refractivity contribution in [3.05, 3.63) is 42.2 Å². The van der Waals surface area contributed by atoms with Gasteiger partial charge in [-0.3, -0.25) is 9.59 Å². The Labute approximate surface area is 178 Å². The second-order valence-electron chi connectivity index (χ2n) is 7.64. The highest BCUT2D eigenvalue weighted by molar-refractivity contribution is 7.99. The number of benzene rings is 1. The molecule has 0 spiro atoms. The van der Waals surface area contributed by atoms with Gasteiger partial charge in [-0.25, -0.2) is 4.39 Å². The molecule has 1 aromatic heterocycles. The second kappa shape index (κ2) is 9.42. The maximum absolute atomic E-state index is 12.9. The molecule has 7 nitrogen and oxygen atoms in total. The number of thioether (sulfide) groups is 1. The number of nitrogens with zero attached hydrogens (tertiary/aromatic N) is 3. The number of rotatable bonds is 7. The number of piperidine rings is 1. The number of halogens is 1. The van der Waals surface area contributed by atoms with Crippen molar-refractivity contribution in [2.45, 2.75) is 36.8 Å². The van der Waals surface area contributed by atoms with Gasteiger partial charge in [0.2, 0.25) is 11.8 Å². The van der Waals surface area contributed by atoms with Gasteiger partial charge in [-0.2, -0.15) is 0 Å². The topological polar surface area (TPSA) is 87.2 Å². The molecule has 4 rings (SSSR count). The number of carbonyl (C=O) groups is 2. The summed E-state index contributed by atoms with van der Waals surface area (Å²) in [5.41, 5.74) is 0.550. The molecule has 1 aliphatic carbocycles. The fraction of sp³-hybridized carbons (Fsp3) is 0.429. The lowest BCUT2D eigenvalue weighted by Crippen LogP contribution is -2.44. The van der Waals surface area contributed by atoms with Crippen molar-refractivity contribution in [1.29, 1.82) is 0 Å². The molecule has 1 saturated carbocycles. The Bertz CT molecular complexity index is 889. The van der Waals surface area contributed by atoms with Gasteiger partial charge in [0.15, 0.2) is 5.82 Å². The molecule has 2 heterocycles. The van der Waals surface area contributed by atoms with Crippen LogP contribution in [0.15, 0.2) is 41.4 Å². The predicted molar refractivity (Wildman–Crippen MR) is 114 cm³/mol. The molecule has 2 aliphatic rings. The maximum atomic E-state index is 12.9. The number of anilines is 2. The molecule has 2 fully saturated rings. The van der Waals surface area contributed by atoms with Crippen molar-refractivity contribution in [1.82, 2.24) is 15.5 Å². The molecule has 1 atom stereocenters. The second-order valence-corrected chi connectivity index (χ2v) is 8.64. The van der Waals surface area contributed by atoms with Crippen molar-refractivity contribution in [3.63, 3.8) is 0 Å². The lowest BCUT2D eigenvalue weighted by atomic mass is 9.97. The van der Waals surface area contributed by atoms with Crippen LogP contribution in [0.2, 0.25) is 0 Å². The average Bonchev–Trinajstić information content (AvgIpc) is 3.58. The fourth-order valence-electron chi connectivity index (χ4n) is 3.37. The highest BCUT2D eigenvalue weighted by Gasteiger charge is 2.30.